The highest BCUT2D eigenvalue weighted by molar-refractivity contribution is 5.24. The van der Waals surface area contributed by atoms with Gasteiger partial charge in [0.25, 0.3) is 0 Å². The molecule has 1 aromatic carbocycles. The fourth-order valence-corrected chi connectivity index (χ4v) is 2.27. The van der Waals surface area contributed by atoms with E-state index in [0.717, 1.165) is 26.1 Å². The molecule has 0 spiro atoms. The van der Waals surface area contributed by atoms with Gasteiger partial charge >= 0.3 is 0 Å². The van der Waals surface area contributed by atoms with E-state index in [2.05, 4.69) is 43.0 Å². The molecule has 2 nitrogen and oxygen atoms in total. The highest BCUT2D eigenvalue weighted by Gasteiger charge is 2.18. The molecule has 0 bridgehead atoms. The Hall–Kier alpha value is -0.860. The summed E-state index contributed by atoms with van der Waals surface area (Å²) in [6.07, 6.45) is 1.14. The second kappa shape index (κ2) is 4.98. The average molecular weight is 218 g/mol. The van der Waals surface area contributed by atoms with Crippen molar-refractivity contribution < 1.29 is 0 Å². The van der Waals surface area contributed by atoms with E-state index in [1.165, 1.54) is 11.1 Å². The molecule has 1 fully saturated rings. The molecule has 1 aliphatic rings. The first-order valence-electron chi connectivity index (χ1n) is 6.22. The number of nitrogens with two attached hydrogens (primary N) is 1. The largest absolute Gasteiger partial charge is 0.326 e. The summed E-state index contributed by atoms with van der Waals surface area (Å²) in [6, 6.07) is 9.37. The van der Waals surface area contributed by atoms with Crippen molar-refractivity contribution in [3.63, 3.8) is 0 Å². The molecule has 0 radical (unpaired) electrons. The highest BCUT2D eigenvalue weighted by Crippen LogP contribution is 2.17. The van der Waals surface area contributed by atoms with Gasteiger partial charge in [-0.1, -0.05) is 38.1 Å². The van der Waals surface area contributed by atoms with Crippen LogP contribution in [0.15, 0.2) is 24.3 Å². The van der Waals surface area contributed by atoms with Crippen molar-refractivity contribution in [2.24, 2.45) is 5.73 Å². The fraction of sp³-hybridized carbons (Fsp3) is 0.571. The molecule has 1 aliphatic heterocycles. The Morgan fingerprint density at radius 2 is 2.00 bits per heavy atom. The summed E-state index contributed by atoms with van der Waals surface area (Å²) in [5, 5.41) is 0. The average Bonchev–Trinajstić information content (AvgIpc) is 2.65. The SMILES string of the molecule is CC(C)c1ccc(CN2CC[C@H](N)C2)cc1. The minimum Gasteiger partial charge on any atom is -0.326 e. The third-order valence-corrected chi connectivity index (χ3v) is 3.36. The summed E-state index contributed by atoms with van der Waals surface area (Å²) in [6.45, 7) is 7.70. The lowest BCUT2D eigenvalue weighted by atomic mass is 10.0. The van der Waals surface area contributed by atoms with Crippen molar-refractivity contribution in [3.8, 4) is 0 Å². The molecule has 0 amide bonds. The lowest BCUT2D eigenvalue weighted by Crippen LogP contribution is -2.26. The second-order valence-electron chi connectivity index (χ2n) is 5.18. The quantitative estimate of drug-likeness (QED) is 0.844. The molecule has 0 unspecified atom stereocenters. The van der Waals surface area contributed by atoms with Gasteiger partial charge in [-0.25, -0.2) is 0 Å². The minimum atomic E-state index is 0.384. The standard InChI is InChI=1S/C14H22N2/c1-11(2)13-5-3-12(4-6-13)9-16-8-7-14(15)10-16/h3-6,11,14H,7-10,15H2,1-2H3/t14-/m0/s1. The van der Waals surface area contributed by atoms with E-state index >= 15 is 0 Å². The van der Waals surface area contributed by atoms with Crippen molar-refractivity contribution >= 4 is 0 Å². The van der Waals surface area contributed by atoms with E-state index in [4.69, 9.17) is 5.73 Å². The summed E-state index contributed by atoms with van der Waals surface area (Å²) >= 11 is 0. The number of nitrogens with zero attached hydrogens (tertiary/aromatic N) is 1. The Morgan fingerprint density at radius 3 is 2.50 bits per heavy atom. The molecule has 0 aromatic heterocycles. The lowest BCUT2D eigenvalue weighted by molar-refractivity contribution is 0.327. The molecular formula is C14H22N2. The zero-order valence-corrected chi connectivity index (χ0v) is 10.3. The Labute approximate surface area is 98.4 Å². The lowest BCUT2D eigenvalue weighted by Gasteiger charge is -2.15. The van der Waals surface area contributed by atoms with Crippen LogP contribution in [-0.2, 0) is 6.54 Å². The summed E-state index contributed by atoms with van der Waals surface area (Å²) in [5.74, 6) is 0.620. The summed E-state index contributed by atoms with van der Waals surface area (Å²) in [7, 11) is 0. The zero-order chi connectivity index (χ0) is 11.5. The molecule has 1 atom stereocenters. The van der Waals surface area contributed by atoms with Gasteiger partial charge in [0.1, 0.15) is 0 Å². The van der Waals surface area contributed by atoms with Crippen molar-refractivity contribution in [1.29, 1.82) is 0 Å². The van der Waals surface area contributed by atoms with Gasteiger partial charge in [-0.2, -0.15) is 0 Å². The molecule has 2 N–H and O–H groups in total. The molecule has 1 saturated heterocycles. The zero-order valence-electron chi connectivity index (χ0n) is 10.3. The monoisotopic (exact) mass is 218 g/mol. The van der Waals surface area contributed by atoms with Gasteiger partial charge in [-0.05, 0) is 23.5 Å². The first-order chi connectivity index (χ1) is 7.65. The molecular weight excluding hydrogens is 196 g/mol. The number of likely N-dealkylation sites (tertiary alicyclic amines) is 1. The number of benzene rings is 1. The molecule has 0 aliphatic carbocycles. The number of hydrogen-bond donors (Lipinski definition) is 1. The molecule has 1 heterocycles. The fourth-order valence-electron chi connectivity index (χ4n) is 2.27. The van der Waals surface area contributed by atoms with E-state index in [0.29, 0.717) is 12.0 Å². The number of hydrogen-bond acceptors (Lipinski definition) is 2. The van der Waals surface area contributed by atoms with Crippen molar-refractivity contribution in [3.05, 3.63) is 35.4 Å². The van der Waals surface area contributed by atoms with Gasteiger partial charge in [0.15, 0.2) is 0 Å². The highest BCUT2D eigenvalue weighted by atomic mass is 15.2. The van der Waals surface area contributed by atoms with Crippen LogP contribution in [-0.4, -0.2) is 24.0 Å². The molecule has 0 saturated carbocycles. The molecule has 88 valence electrons. The van der Waals surface area contributed by atoms with Crippen molar-refractivity contribution in [1.82, 2.24) is 4.90 Å². The Morgan fingerprint density at radius 1 is 1.31 bits per heavy atom. The van der Waals surface area contributed by atoms with E-state index < -0.39 is 0 Å². The predicted molar refractivity (Wildman–Crippen MR) is 68.4 cm³/mol. The third kappa shape index (κ3) is 2.83. The van der Waals surface area contributed by atoms with Gasteiger partial charge in [0, 0.05) is 25.7 Å². The van der Waals surface area contributed by atoms with E-state index in [9.17, 15) is 0 Å². The normalized spacial score (nSPS) is 21.9. The van der Waals surface area contributed by atoms with Gasteiger partial charge in [-0.3, -0.25) is 4.90 Å². The Kier molecular flexibility index (Phi) is 3.62. The van der Waals surface area contributed by atoms with Crippen LogP contribution in [0.25, 0.3) is 0 Å². The van der Waals surface area contributed by atoms with Crippen LogP contribution in [0, 0.1) is 0 Å². The van der Waals surface area contributed by atoms with Crippen molar-refractivity contribution in [2.45, 2.75) is 38.8 Å². The Balaban J connectivity index is 1.95. The maximum Gasteiger partial charge on any atom is 0.0234 e. The second-order valence-corrected chi connectivity index (χ2v) is 5.18. The number of rotatable bonds is 3. The van der Waals surface area contributed by atoms with E-state index in [1.54, 1.807) is 0 Å². The van der Waals surface area contributed by atoms with Crippen LogP contribution in [0.3, 0.4) is 0 Å². The topological polar surface area (TPSA) is 29.3 Å². The maximum atomic E-state index is 5.90. The predicted octanol–water partition coefficient (Wildman–Crippen LogP) is 2.34. The van der Waals surface area contributed by atoms with E-state index in [-0.39, 0.29) is 0 Å². The van der Waals surface area contributed by atoms with Crippen molar-refractivity contribution in [2.75, 3.05) is 13.1 Å². The smallest absolute Gasteiger partial charge is 0.0234 e. The first-order valence-corrected chi connectivity index (χ1v) is 6.22. The molecule has 16 heavy (non-hydrogen) atoms. The van der Waals surface area contributed by atoms with Gasteiger partial charge in [0.2, 0.25) is 0 Å². The third-order valence-electron chi connectivity index (χ3n) is 3.36. The van der Waals surface area contributed by atoms with Crippen LogP contribution < -0.4 is 5.73 Å². The van der Waals surface area contributed by atoms with Gasteiger partial charge in [0.05, 0.1) is 0 Å². The first kappa shape index (κ1) is 11.6. The summed E-state index contributed by atoms with van der Waals surface area (Å²) in [5.41, 5.74) is 8.72. The van der Waals surface area contributed by atoms with Crippen LogP contribution in [0.4, 0.5) is 0 Å². The summed E-state index contributed by atoms with van der Waals surface area (Å²) < 4.78 is 0. The van der Waals surface area contributed by atoms with Crippen LogP contribution in [0.1, 0.15) is 37.3 Å². The minimum absolute atomic E-state index is 0.384. The maximum absolute atomic E-state index is 5.90. The summed E-state index contributed by atoms with van der Waals surface area (Å²) in [4.78, 5) is 2.44. The Bertz CT molecular complexity index is 329. The van der Waals surface area contributed by atoms with Gasteiger partial charge in [-0.15, -0.1) is 0 Å². The van der Waals surface area contributed by atoms with Crippen LogP contribution in [0.2, 0.25) is 0 Å². The molecule has 1 aromatic rings. The van der Waals surface area contributed by atoms with E-state index in [1.807, 2.05) is 0 Å². The van der Waals surface area contributed by atoms with Crippen LogP contribution in [0.5, 0.6) is 0 Å². The molecule has 2 heteroatoms. The molecule has 2 rings (SSSR count). The van der Waals surface area contributed by atoms with Gasteiger partial charge < -0.3 is 5.73 Å². The van der Waals surface area contributed by atoms with Crippen LogP contribution >= 0.6 is 0 Å².